The number of halogens is 3. The molecule has 0 spiro atoms. The fourth-order valence-corrected chi connectivity index (χ4v) is 3.36. The molecule has 0 radical (unpaired) electrons. The summed E-state index contributed by atoms with van der Waals surface area (Å²) in [6.45, 7) is 4.36. The summed E-state index contributed by atoms with van der Waals surface area (Å²) >= 11 is 0. The molecule has 1 amide bonds. The van der Waals surface area contributed by atoms with Crippen molar-refractivity contribution in [1.82, 2.24) is 5.32 Å². The van der Waals surface area contributed by atoms with Gasteiger partial charge in [-0.2, -0.15) is 0 Å². The van der Waals surface area contributed by atoms with E-state index in [-0.39, 0.29) is 18.2 Å². The van der Waals surface area contributed by atoms with Crippen LogP contribution in [0, 0.1) is 0 Å². The van der Waals surface area contributed by atoms with E-state index in [1.165, 1.54) is 0 Å². The van der Waals surface area contributed by atoms with Crippen LogP contribution in [-0.4, -0.2) is 37.6 Å². The summed E-state index contributed by atoms with van der Waals surface area (Å²) < 4.78 is 49.9. The fourth-order valence-electron chi connectivity index (χ4n) is 2.31. The van der Waals surface area contributed by atoms with Gasteiger partial charge in [0.25, 0.3) is 5.92 Å². The maximum atomic E-state index is 13.1. The summed E-state index contributed by atoms with van der Waals surface area (Å²) in [7, 11) is -3.35. The molecular formula is C16H23ClF2N2O3S. The smallest absolute Gasteiger partial charge is 0.262 e. The van der Waals surface area contributed by atoms with Gasteiger partial charge in [-0.3, -0.25) is 10.1 Å². The van der Waals surface area contributed by atoms with Gasteiger partial charge in [0.1, 0.15) is 0 Å². The molecule has 1 aromatic rings. The molecule has 1 fully saturated rings. The molecule has 1 aliphatic heterocycles. The second kappa shape index (κ2) is 7.55. The average Bonchev–Trinajstić information content (AvgIpc) is 2.78. The highest BCUT2D eigenvalue weighted by molar-refractivity contribution is 7.91. The van der Waals surface area contributed by atoms with Gasteiger partial charge in [-0.1, -0.05) is 12.1 Å². The Kier molecular flexibility index (Phi) is 6.58. The molecule has 1 aromatic carbocycles. The molecule has 2 N–H and O–H groups in total. The number of rotatable bonds is 4. The van der Waals surface area contributed by atoms with E-state index < -0.39 is 45.4 Å². The van der Waals surface area contributed by atoms with E-state index in [0.29, 0.717) is 11.3 Å². The summed E-state index contributed by atoms with van der Waals surface area (Å²) in [5.41, 5.74) is 0.922. The zero-order valence-corrected chi connectivity index (χ0v) is 15.9. The predicted molar refractivity (Wildman–Crippen MR) is 96.1 cm³/mol. The van der Waals surface area contributed by atoms with Crippen LogP contribution in [0.3, 0.4) is 0 Å². The van der Waals surface area contributed by atoms with Crippen molar-refractivity contribution in [3.63, 3.8) is 0 Å². The lowest BCUT2D eigenvalue weighted by molar-refractivity contribution is -0.118. The Morgan fingerprint density at radius 1 is 1.36 bits per heavy atom. The van der Waals surface area contributed by atoms with Crippen molar-refractivity contribution >= 4 is 33.8 Å². The van der Waals surface area contributed by atoms with Crippen LogP contribution in [0.1, 0.15) is 32.8 Å². The van der Waals surface area contributed by atoms with Crippen molar-refractivity contribution in [2.75, 3.05) is 11.9 Å². The normalized spacial score (nSPS) is 20.0. The van der Waals surface area contributed by atoms with Crippen LogP contribution in [0.25, 0.3) is 0 Å². The van der Waals surface area contributed by atoms with Gasteiger partial charge in [0, 0.05) is 12.1 Å². The number of alkyl halides is 2. The van der Waals surface area contributed by atoms with Gasteiger partial charge < -0.3 is 5.32 Å². The van der Waals surface area contributed by atoms with Crippen LogP contribution in [0.15, 0.2) is 24.3 Å². The molecule has 25 heavy (non-hydrogen) atoms. The lowest BCUT2D eigenvalue weighted by Crippen LogP contribution is -2.35. The molecule has 1 unspecified atom stereocenters. The predicted octanol–water partition coefficient (Wildman–Crippen LogP) is 2.76. The molecule has 1 heterocycles. The van der Waals surface area contributed by atoms with Crippen LogP contribution in [0.4, 0.5) is 14.5 Å². The van der Waals surface area contributed by atoms with Crippen LogP contribution < -0.4 is 10.6 Å². The van der Waals surface area contributed by atoms with Gasteiger partial charge in [-0.05, 0) is 38.5 Å². The first-order valence-electron chi connectivity index (χ1n) is 7.63. The van der Waals surface area contributed by atoms with E-state index in [0.717, 1.165) is 0 Å². The molecule has 1 saturated heterocycles. The minimum atomic E-state index is -3.35. The number of anilines is 1. The zero-order chi connectivity index (χ0) is 18.2. The van der Waals surface area contributed by atoms with Gasteiger partial charge in [-0.15, -0.1) is 12.4 Å². The summed E-state index contributed by atoms with van der Waals surface area (Å²) in [4.78, 5) is 12.0. The van der Waals surface area contributed by atoms with E-state index in [2.05, 4.69) is 10.6 Å². The van der Waals surface area contributed by atoms with Crippen LogP contribution in [-0.2, 0) is 20.4 Å². The molecule has 0 saturated carbocycles. The third-order valence-electron chi connectivity index (χ3n) is 3.91. The first kappa shape index (κ1) is 21.8. The van der Waals surface area contributed by atoms with E-state index in [9.17, 15) is 22.0 Å². The molecule has 1 atom stereocenters. The lowest BCUT2D eigenvalue weighted by Gasteiger charge is -2.19. The Labute approximate surface area is 152 Å². The molecule has 0 bridgehead atoms. The van der Waals surface area contributed by atoms with Gasteiger partial charge in [0.15, 0.2) is 9.84 Å². The molecule has 5 nitrogen and oxygen atoms in total. The number of hydrogen-bond donors (Lipinski definition) is 2. The van der Waals surface area contributed by atoms with Crippen LogP contribution in [0.2, 0.25) is 0 Å². The van der Waals surface area contributed by atoms with E-state index >= 15 is 0 Å². The topological polar surface area (TPSA) is 75.3 Å². The number of carbonyl (C=O) groups excluding carboxylic acids is 1. The largest absolute Gasteiger partial charge is 0.325 e. The number of carbonyl (C=O) groups is 1. The number of nitrogens with one attached hydrogen (secondary N) is 2. The first-order chi connectivity index (χ1) is 10.9. The fraction of sp³-hybridized carbons (Fsp3) is 0.562. The zero-order valence-electron chi connectivity index (χ0n) is 14.3. The van der Waals surface area contributed by atoms with E-state index in [1.54, 1.807) is 45.0 Å². The Hall–Kier alpha value is -1.25. The molecule has 1 aliphatic rings. The summed E-state index contributed by atoms with van der Waals surface area (Å²) in [5.74, 6) is -3.59. The van der Waals surface area contributed by atoms with E-state index in [1.807, 2.05) is 0 Å². The minimum Gasteiger partial charge on any atom is -0.325 e. The molecule has 0 aliphatic carbocycles. The number of sulfone groups is 1. The van der Waals surface area contributed by atoms with Crippen molar-refractivity contribution < 1.29 is 22.0 Å². The average molecular weight is 397 g/mol. The third kappa shape index (κ3) is 5.62. The number of benzene rings is 1. The Bertz CT molecular complexity index is 733. The van der Waals surface area contributed by atoms with Gasteiger partial charge in [-0.25, -0.2) is 17.2 Å². The number of hydrogen-bond acceptors (Lipinski definition) is 4. The van der Waals surface area contributed by atoms with Gasteiger partial charge >= 0.3 is 0 Å². The first-order valence-corrected chi connectivity index (χ1v) is 9.28. The maximum absolute atomic E-state index is 13.1. The minimum absolute atomic E-state index is 0. The Balaban J connectivity index is 0.00000312. The standard InChI is InChI=1S/C16H22F2N2O3S.ClH/c1-15(2,3)24(22,23)9-11-5-4-6-12(7-11)20-14(21)13-8-16(17,18)10-19-13;/h4-7,13,19H,8-10H2,1-3H3,(H,20,21);1H. The second-order valence-corrected chi connectivity index (χ2v) is 9.80. The molecule has 9 heteroatoms. The van der Waals surface area contributed by atoms with Crippen LogP contribution >= 0.6 is 12.4 Å². The quantitative estimate of drug-likeness (QED) is 0.820. The Morgan fingerprint density at radius 2 is 2.00 bits per heavy atom. The van der Waals surface area contributed by atoms with E-state index in [4.69, 9.17) is 0 Å². The highest BCUT2D eigenvalue weighted by Gasteiger charge is 2.42. The van der Waals surface area contributed by atoms with Crippen molar-refractivity contribution in [3.8, 4) is 0 Å². The van der Waals surface area contributed by atoms with Gasteiger partial charge in [0.2, 0.25) is 5.91 Å². The molecular weight excluding hydrogens is 374 g/mol. The Morgan fingerprint density at radius 3 is 2.52 bits per heavy atom. The SMILES string of the molecule is CC(C)(C)S(=O)(=O)Cc1cccc(NC(=O)C2CC(F)(F)CN2)c1.Cl. The summed E-state index contributed by atoms with van der Waals surface area (Å²) in [6, 6.07) is 5.47. The number of amides is 1. The summed E-state index contributed by atoms with van der Waals surface area (Å²) in [6.07, 6.45) is -0.545. The van der Waals surface area contributed by atoms with Crippen molar-refractivity contribution in [1.29, 1.82) is 0 Å². The monoisotopic (exact) mass is 396 g/mol. The molecule has 142 valence electrons. The second-order valence-electron chi connectivity index (χ2n) is 7.05. The molecule has 0 aromatic heterocycles. The maximum Gasteiger partial charge on any atom is 0.262 e. The van der Waals surface area contributed by atoms with Gasteiger partial charge in [0.05, 0.1) is 23.1 Å². The third-order valence-corrected chi connectivity index (χ3v) is 6.49. The molecule has 2 rings (SSSR count). The lowest BCUT2D eigenvalue weighted by atomic mass is 10.1. The van der Waals surface area contributed by atoms with Crippen molar-refractivity contribution in [2.45, 2.75) is 49.7 Å². The highest BCUT2D eigenvalue weighted by atomic mass is 35.5. The highest BCUT2D eigenvalue weighted by Crippen LogP contribution is 2.26. The summed E-state index contributed by atoms with van der Waals surface area (Å²) in [5, 5.41) is 5.04. The van der Waals surface area contributed by atoms with Crippen LogP contribution in [0.5, 0.6) is 0 Å². The van der Waals surface area contributed by atoms with Crippen molar-refractivity contribution in [2.24, 2.45) is 0 Å². The van der Waals surface area contributed by atoms with Crippen molar-refractivity contribution in [3.05, 3.63) is 29.8 Å².